The van der Waals surface area contributed by atoms with Crippen molar-refractivity contribution >= 4 is 56.5 Å². The predicted molar refractivity (Wildman–Crippen MR) is 166 cm³/mol. The number of halogens is 1. The summed E-state index contributed by atoms with van der Waals surface area (Å²) in [6.07, 6.45) is 0. The first-order valence-electron chi connectivity index (χ1n) is 14.5. The molecule has 3 N–H and O–H groups in total. The molecule has 2 aliphatic rings. The van der Waals surface area contributed by atoms with Crippen molar-refractivity contribution in [2.75, 3.05) is 69.9 Å². The van der Waals surface area contributed by atoms with Gasteiger partial charge in [0.1, 0.15) is 18.1 Å². The Morgan fingerprint density at radius 2 is 1.95 bits per heavy atom. The number of nitro groups is 1. The third-order valence-electron chi connectivity index (χ3n) is 8.13. The molecule has 13 heteroatoms. The number of rotatable bonds is 10. The number of ether oxygens (including phenoxy) is 2. The normalized spacial score (nSPS) is 16.8. The van der Waals surface area contributed by atoms with E-state index in [1.165, 1.54) is 17.0 Å². The van der Waals surface area contributed by atoms with Crippen LogP contribution < -0.4 is 15.0 Å². The zero-order chi connectivity index (χ0) is 30.8. The lowest BCUT2D eigenvalue weighted by Crippen LogP contribution is -2.38. The van der Waals surface area contributed by atoms with Gasteiger partial charge in [-0.15, -0.1) is 11.6 Å². The highest BCUT2D eigenvalue weighted by atomic mass is 35.5. The maximum Gasteiger partial charge on any atom is 0.279 e. The number of hydrogen-bond acceptors (Lipinski definition) is 8. The minimum Gasteiger partial charge on any atom is -0.492 e. The number of anilines is 1. The first-order valence-corrected chi connectivity index (χ1v) is 15.0. The van der Waals surface area contributed by atoms with E-state index in [9.17, 15) is 19.7 Å². The number of hydrogen-bond donors (Lipinski definition) is 3. The van der Waals surface area contributed by atoms with Crippen LogP contribution >= 0.6 is 11.6 Å². The SMILES string of the molecule is O=C(NCCO)c1ccc2c3c(cc([N+](=O)[O-])c2c1)N(C(=O)c1cc2cc(OCCN4CCOCC4)ccc2[nH]1)CC3CCl. The molecule has 1 atom stereocenters. The molecule has 0 aliphatic carbocycles. The molecule has 1 unspecified atom stereocenters. The third kappa shape index (κ3) is 5.81. The Bertz CT molecular complexity index is 1740. The number of amides is 2. The molecule has 0 spiro atoms. The number of aliphatic hydroxyl groups is 1. The van der Waals surface area contributed by atoms with E-state index in [4.69, 9.17) is 26.2 Å². The van der Waals surface area contributed by atoms with E-state index in [0.717, 1.165) is 49.3 Å². The average Bonchev–Trinajstić information content (AvgIpc) is 3.64. The van der Waals surface area contributed by atoms with Gasteiger partial charge >= 0.3 is 0 Å². The zero-order valence-electron chi connectivity index (χ0n) is 23.9. The van der Waals surface area contributed by atoms with Gasteiger partial charge in [-0.25, -0.2) is 0 Å². The molecule has 3 heterocycles. The largest absolute Gasteiger partial charge is 0.492 e. The van der Waals surface area contributed by atoms with Crippen molar-refractivity contribution in [2.45, 2.75) is 5.92 Å². The Labute approximate surface area is 257 Å². The molecule has 3 aromatic carbocycles. The molecule has 12 nitrogen and oxygen atoms in total. The monoisotopic (exact) mass is 621 g/mol. The molecule has 2 aliphatic heterocycles. The van der Waals surface area contributed by atoms with Crippen molar-refractivity contribution in [3.63, 3.8) is 0 Å². The van der Waals surface area contributed by atoms with Gasteiger partial charge in [-0.1, -0.05) is 6.07 Å². The quantitative estimate of drug-likeness (QED) is 0.138. The van der Waals surface area contributed by atoms with Crippen LogP contribution in [0.15, 0.2) is 48.5 Å². The molecule has 0 radical (unpaired) electrons. The molecule has 0 bridgehead atoms. The summed E-state index contributed by atoms with van der Waals surface area (Å²) in [7, 11) is 0. The van der Waals surface area contributed by atoms with Crippen LogP contribution in [0.5, 0.6) is 5.75 Å². The highest BCUT2D eigenvalue weighted by Gasteiger charge is 2.37. The number of aliphatic hydroxyl groups excluding tert-OH is 1. The molecule has 4 aromatic rings. The third-order valence-corrected chi connectivity index (χ3v) is 8.50. The number of morpholine rings is 1. The van der Waals surface area contributed by atoms with Gasteiger partial charge in [0.2, 0.25) is 0 Å². The van der Waals surface area contributed by atoms with Crippen LogP contribution in [0.25, 0.3) is 21.7 Å². The number of aromatic nitrogens is 1. The number of alkyl halides is 1. The zero-order valence-corrected chi connectivity index (χ0v) is 24.6. The van der Waals surface area contributed by atoms with E-state index < -0.39 is 10.8 Å². The number of nitrogens with one attached hydrogen (secondary N) is 2. The van der Waals surface area contributed by atoms with Crippen molar-refractivity contribution in [1.29, 1.82) is 0 Å². The van der Waals surface area contributed by atoms with Gasteiger partial charge < -0.3 is 29.8 Å². The fourth-order valence-corrected chi connectivity index (χ4v) is 6.19. The van der Waals surface area contributed by atoms with Crippen LogP contribution in [-0.2, 0) is 4.74 Å². The van der Waals surface area contributed by atoms with Crippen molar-refractivity contribution in [2.24, 2.45) is 0 Å². The Kier molecular flexibility index (Phi) is 8.67. The first-order chi connectivity index (χ1) is 21.4. The summed E-state index contributed by atoms with van der Waals surface area (Å²) in [5.41, 5.74) is 2.25. The number of fused-ring (bicyclic) bond motifs is 4. The number of aromatic amines is 1. The van der Waals surface area contributed by atoms with Gasteiger partial charge in [-0.3, -0.25) is 24.6 Å². The molecular formula is C31H32ClN5O7. The van der Waals surface area contributed by atoms with Crippen molar-refractivity contribution in [3.8, 4) is 5.75 Å². The van der Waals surface area contributed by atoms with Crippen molar-refractivity contribution < 1.29 is 29.1 Å². The average molecular weight is 622 g/mol. The number of nitrogens with zero attached hydrogens (tertiary/aromatic N) is 3. The van der Waals surface area contributed by atoms with Gasteiger partial charge in [-0.2, -0.15) is 0 Å². The van der Waals surface area contributed by atoms with Crippen LogP contribution in [0, 0.1) is 10.1 Å². The van der Waals surface area contributed by atoms with Crippen LogP contribution in [0.4, 0.5) is 11.4 Å². The number of carbonyl (C=O) groups excluding carboxylic acids is 2. The van der Waals surface area contributed by atoms with E-state index in [1.54, 1.807) is 18.2 Å². The molecule has 44 heavy (non-hydrogen) atoms. The second kappa shape index (κ2) is 12.8. The van der Waals surface area contributed by atoms with Crippen LogP contribution in [0.1, 0.15) is 32.3 Å². The summed E-state index contributed by atoms with van der Waals surface area (Å²) in [4.78, 5) is 45.1. The second-order valence-corrected chi connectivity index (χ2v) is 11.1. The van der Waals surface area contributed by atoms with E-state index in [2.05, 4.69) is 15.2 Å². The number of benzene rings is 3. The van der Waals surface area contributed by atoms with E-state index in [0.29, 0.717) is 29.1 Å². The Morgan fingerprint density at radius 1 is 1.14 bits per heavy atom. The molecular weight excluding hydrogens is 590 g/mol. The molecule has 0 saturated carbocycles. The van der Waals surface area contributed by atoms with Gasteiger partial charge in [0, 0.05) is 67.1 Å². The van der Waals surface area contributed by atoms with Gasteiger partial charge in [-0.05, 0) is 47.3 Å². The fourth-order valence-electron chi connectivity index (χ4n) is 5.94. The first kappa shape index (κ1) is 29.8. The summed E-state index contributed by atoms with van der Waals surface area (Å²) in [6.45, 7) is 4.65. The number of H-pyrrole nitrogens is 1. The standard InChI is InChI=1S/C31H32ClN5O7/c32-17-21-18-36(28-16-27(37(41)42)24-14-19(30(39)33-5-9-38)1-3-23(24)29(21)28)31(40)26-15-20-13-22(2-4-25(20)34-26)44-12-8-35-6-10-43-11-7-35/h1-4,13-16,21,34,38H,5-12,17-18H2,(H,33,39). The second-order valence-electron chi connectivity index (χ2n) is 10.8. The topological polar surface area (TPSA) is 150 Å². The van der Waals surface area contributed by atoms with E-state index in [-0.39, 0.29) is 54.0 Å². The lowest BCUT2D eigenvalue weighted by molar-refractivity contribution is -0.383. The minimum atomic E-state index is -0.516. The summed E-state index contributed by atoms with van der Waals surface area (Å²) in [5.74, 6) is -0.169. The molecule has 1 saturated heterocycles. The van der Waals surface area contributed by atoms with Crippen LogP contribution in [0.2, 0.25) is 0 Å². The van der Waals surface area contributed by atoms with Gasteiger partial charge in [0.05, 0.1) is 35.8 Å². The van der Waals surface area contributed by atoms with Crippen molar-refractivity contribution in [3.05, 3.63) is 75.5 Å². The Hall–Kier alpha value is -4.23. The summed E-state index contributed by atoms with van der Waals surface area (Å²) >= 11 is 6.38. The number of non-ortho nitro benzene ring substituents is 1. The van der Waals surface area contributed by atoms with Gasteiger partial charge in [0.15, 0.2) is 0 Å². The highest BCUT2D eigenvalue weighted by molar-refractivity contribution is 6.19. The molecule has 2 amide bonds. The maximum atomic E-state index is 13.9. The summed E-state index contributed by atoms with van der Waals surface area (Å²) in [5, 5.41) is 25.4. The predicted octanol–water partition coefficient (Wildman–Crippen LogP) is 3.65. The molecule has 6 rings (SSSR count). The molecule has 230 valence electrons. The number of carbonyl (C=O) groups is 2. The lowest BCUT2D eigenvalue weighted by Gasteiger charge is -2.26. The van der Waals surface area contributed by atoms with E-state index in [1.807, 2.05) is 18.2 Å². The van der Waals surface area contributed by atoms with E-state index >= 15 is 0 Å². The van der Waals surface area contributed by atoms with Crippen LogP contribution in [0.3, 0.4) is 0 Å². The van der Waals surface area contributed by atoms with Gasteiger partial charge in [0.25, 0.3) is 17.5 Å². The number of nitro benzene ring substituents is 1. The fraction of sp³-hybridized carbons (Fsp3) is 0.355. The lowest BCUT2D eigenvalue weighted by atomic mass is 9.93. The summed E-state index contributed by atoms with van der Waals surface area (Å²) in [6, 6.07) is 13.5. The molecule has 1 fully saturated rings. The highest BCUT2D eigenvalue weighted by Crippen LogP contribution is 2.46. The Morgan fingerprint density at radius 3 is 2.70 bits per heavy atom. The molecule has 1 aromatic heterocycles. The Balaban J connectivity index is 1.28. The smallest absolute Gasteiger partial charge is 0.279 e. The van der Waals surface area contributed by atoms with Crippen LogP contribution in [-0.4, -0.2) is 96.8 Å². The minimum absolute atomic E-state index is 0.0611. The summed E-state index contributed by atoms with van der Waals surface area (Å²) < 4.78 is 11.4. The van der Waals surface area contributed by atoms with Crippen molar-refractivity contribution in [1.82, 2.24) is 15.2 Å². The maximum absolute atomic E-state index is 13.9.